The lowest BCUT2D eigenvalue weighted by Crippen LogP contribution is -2.28. The fourth-order valence-corrected chi connectivity index (χ4v) is 2.26. The third kappa shape index (κ3) is 3.76. The van der Waals surface area contributed by atoms with Crippen molar-refractivity contribution in [2.45, 2.75) is 13.3 Å². The molecule has 0 saturated heterocycles. The maximum absolute atomic E-state index is 14.1. The lowest BCUT2D eigenvalue weighted by molar-refractivity contribution is 0.0941. The summed E-state index contributed by atoms with van der Waals surface area (Å²) in [6.45, 7) is 2.78. The van der Waals surface area contributed by atoms with Crippen molar-refractivity contribution in [3.8, 4) is 11.8 Å². The second kappa shape index (κ2) is 7.56. The van der Waals surface area contributed by atoms with Crippen LogP contribution >= 0.6 is 0 Å². The van der Waals surface area contributed by atoms with Gasteiger partial charge in [-0.05, 0) is 37.1 Å². The summed E-state index contributed by atoms with van der Waals surface area (Å²) in [5, 5.41) is 11.9. The topological polar surface area (TPSA) is 67.0 Å². The van der Waals surface area contributed by atoms with Crippen LogP contribution in [0.2, 0.25) is 0 Å². The number of aryl methyl sites for hydroxylation is 1. The first kappa shape index (κ1) is 16.7. The Morgan fingerprint density at radius 3 is 2.91 bits per heavy atom. The van der Waals surface area contributed by atoms with E-state index in [2.05, 4.69) is 5.32 Å². The van der Waals surface area contributed by atoms with E-state index in [4.69, 9.17) is 4.74 Å². The van der Waals surface area contributed by atoms with E-state index in [0.717, 1.165) is 5.56 Å². The predicted octanol–water partition coefficient (Wildman–Crippen LogP) is 2.56. The number of methoxy groups -OCH3 is 1. The second-order valence-corrected chi connectivity index (χ2v) is 5.12. The average Bonchev–Trinajstić information content (AvgIpc) is 2.97. The van der Waals surface area contributed by atoms with E-state index in [1.165, 1.54) is 22.9 Å². The highest BCUT2D eigenvalue weighted by Crippen LogP contribution is 2.21. The lowest BCUT2D eigenvalue weighted by Gasteiger charge is -2.12. The molecule has 0 radical (unpaired) electrons. The van der Waals surface area contributed by atoms with E-state index in [-0.39, 0.29) is 16.9 Å². The quantitative estimate of drug-likeness (QED) is 0.833. The van der Waals surface area contributed by atoms with Crippen molar-refractivity contribution in [3.63, 3.8) is 0 Å². The van der Waals surface area contributed by atoms with Crippen molar-refractivity contribution in [2.75, 3.05) is 20.3 Å². The van der Waals surface area contributed by atoms with Gasteiger partial charge in [-0.1, -0.05) is 6.07 Å². The van der Waals surface area contributed by atoms with Gasteiger partial charge in [0, 0.05) is 26.5 Å². The first-order valence-corrected chi connectivity index (χ1v) is 7.23. The molecule has 0 atom stereocenters. The largest absolute Gasteiger partial charge is 0.385 e. The first-order chi connectivity index (χ1) is 11.1. The molecule has 120 valence electrons. The third-order valence-corrected chi connectivity index (χ3v) is 3.39. The number of aromatic nitrogens is 1. The van der Waals surface area contributed by atoms with Crippen LogP contribution in [0.25, 0.3) is 5.69 Å². The number of hydrogen-bond acceptors (Lipinski definition) is 3. The van der Waals surface area contributed by atoms with Gasteiger partial charge in [-0.15, -0.1) is 0 Å². The molecule has 0 aliphatic carbocycles. The highest BCUT2D eigenvalue weighted by Gasteiger charge is 2.19. The molecule has 0 unspecified atom stereocenters. The first-order valence-electron chi connectivity index (χ1n) is 7.23. The van der Waals surface area contributed by atoms with Gasteiger partial charge in [-0.25, -0.2) is 4.39 Å². The molecule has 0 saturated carbocycles. The Bertz CT molecular complexity index is 747. The zero-order valence-electron chi connectivity index (χ0n) is 13.1. The number of amides is 1. The molecule has 2 rings (SSSR count). The maximum atomic E-state index is 14.1. The van der Waals surface area contributed by atoms with E-state index in [0.29, 0.717) is 19.6 Å². The Hall–Kier alpha value is -2.65. The molecule has 6 heteroatoms. The van der Waals surface area contributed by atoms with Gasteiger partial charge in [0.2, 0.25) is 0 Å². The maximum Gasteiger partial charge on any atom is 0.269 e. The highest BCUT2D eigenvalue weighted by molar-refractivity contribution is 5.95. The highest BCUT2D eigenvalue weighted by atomic mass is 19.1. The molecule has 0 aliphatic rings. The zero-order valence-corrected chi connectivity index (χ0v) is 13.1. The second-order valence-electron chi connectivity index (χ2n) is 5.12. The molecule has 0 fully saturated rings. The van der Waals surface area contributed by atoms with Crippen LogP contribution in [-0.4, -0.2) is 30.7 Å². The minimum Gasteiger partial charge on any atom is -0.385 e. The van der Waals surface area contributed by atoms with Gasteiger partial charge in [0.1, 0.15) is 17.6 Å². The van der Waals surface area contributed by atoms with E-state index >= 15 is 0 Å². The molecule has 0 aliphatic heterocycles. The number of carbonyl (C=O) groups excluding carboxylic acids is 1. The molecule has 23 heavy (non-hydrogen) atoms. The number of ether oxygens (including phenoxy) is 1. The Balaban J connectivity index is 2.35. The number of halogens is 1. The van der Waals surface area contributed by atoms with Crippen LogP contribution in [0.3, 0.4) is 0 Å². The van der Waals surface area contributed by atoms with E-state index in [9.17, 15) is 14.4 Å². The zero-order chi connectivity index (χ0) is 16.8. The molecular weight excluding hydrogens is 297 g/mol. The molecule has 1 aromatic carbocycles. The normalized spacial score (nSPS) is 10.3. The van der Waals surface area contributed by atoms with Crippen molar-refractivity contribution < 1.29 is 13.9 Å². The van der Waals surface area contributed by atoms with Crippen LogP contribution in [0.5, 0.6) is 0 Å². The summed E-state index contributed by atoms with van der Waals surface area (Å²) >= 11 is 0. The standard InChI is InChI=1S/C17H18FN3O2/c1-12-4-5-14(18)15(10-12)21-8-6-13(11-19)16(21)17(22)20-7-3-9-23-2/h4-6,8,10H,3,7,9H2,1-2H3,(H,20,22). The Kier molecular flexibility index (Phi) is 5.50. The summed E-state index contributed by atoms with van der Waals surface area (Å²) in [5.41, 5.74) is 1.44. The summed E-state index contributed by atoms with van der Waals surface area (Å²) in [7, 11) is 1.58. The van der Waals surface area contributed by atoms with E-state index < -0.39 is 11.7 Å². The van der Waals surface area contributed by atoms with Crippen molar-refractivity contribution in [1.82, 2.24) is 9.88 Å². The van der Waals surface area contributed by atoms with Crippen LogP contribution in [-0.2, 0) is 4.74 Å². The van der Waals surface area contributed by atoms with E-state index in [1.54, 1.807) is 19.2 Å². The Morgan fingerprint density at radius 1 is 1.43 bits per heavy atom. The molecule has 1 heterocycles. The van der Waals surface area contributed by atoms with Gasteiger partial charge in [-0.2, -0.15) is 5.26 Å². The minimum absolute atomic E-state index is 0.134. The van der Waals surface area contributed by atoms with Gasteiger partial charge in [0.25, 0.3) is 5.91 Å². The van der Waals surface area contributed by atoms with Crippen LogP contribution < -0.4 is 5.32 Å². The number of nitriles is 1. The fourth-order valence-electron chi connectivity index (χ4n) is 2.26. The minimum atomic E-state index is -0.455. The smallest absolute Gasteiger partial charge is 0.269 e. The summed E-state index contributed by atoms with van der Waals surface area (Å²) in [6, 6.07) is 8.11. The molecule has 2 aromatic rings. The third-order valence-electron chi connectivity index (χ3n) is 3.39. The monoisotopic (exact) mass is 315 g/mol. The summed E-state index contributed by atoms with van der Waals surface area (Å²) in [4.78, 5) is 12.4. The Morgan fingerprint density at radius 2 is 2.22 bits per heavy atom. The van der Waals surface area contributed by atoms with Crippen molar-refractivity contribution in [3.05, 3.63) is 53.1 Å². The molecule has 0 spiro atoms. The molecule has 5 nitrogen and oxygen atoms in total. The molecular formula is C17H18FN3O2. The summed E-state index contributed by atoms with van der Waals surface area (Å²) < 4.78 is 20.4. The van der Waals surface area contributed by atoms with Crippen molar-refractivity contribution in [1.29, 1.82) is 5.26 Å². The fraction of sp³-hybridized carbons (Fsp3) is 0.294. The average molecular weight is 315 g/mol. The van der Waals surface area contributed by atoms with Gasteiger partial charge in [-0.3, -0.25) is 4.79 Å². The Labute approximate surface area is 134 Å². The molecule has 1 amide bonds. The summed E-state index contributed by atoms with van der Waals surface area (Å²) in [5.74, 6) is -0.868. The number of carbonyl (C=O) groups is 1. The predicted molar refractivity (Wildman–Crippen MR) is 84.0 cm³/mol. The molecule has 0 bridgehead atoms. The lowest BCUT2D eigenvalue weighted by atomic mass is 10.2. The number of nitrogens with zero attached hydrogens (tertiary/aromatic N) is 2. The van der Waals surface area contributed by atoms with Crippen LogP contribution in [0.4, 0.5) is 4.39 Å². The van der Waals surface area contributed by atoms with Crippen LogP contribution in [0.1, 0.15) is 28.0 Å². The summed E-state index contributed by atoms with van der Waals surface area (Å²) in [6.07, 6.45) is 2.18. The SMILES string of the molecule is COCCCNC(=O)c1c(C#N)ccn1-c1cc(C)ccc1F. The van der Waals surface area contributed by atoms with Crippen molar-refractivity contribution >= 4 is 5.91 Å². The van der Waals surface area contributed by atoms with Gasteiger partial charge in [0.15, 0.2) is 0 Å². The number of hydrogen-bond donors (Lipinski definition) is 1. The van der Waals surface area contributed by atoms with Gasteiger partial charge < -0.3 is 14.6 Å². The van der Waals surface area contributed by atoms with E-state index in [1.807, 2.05) is 13.0 Å². The molecule has 1 aromatic heterocycles. The van der Waals surface area contributed by atoms with Crippen molar-refractivity contribution in [2.24, 2.45) is 0 Å². The molecule has 1 N–H and O–H groups in total. The number of nitrogens with one attached hydrogen (secondary N) is 1. The number of rotatable bonds is 6. The van der Waals surface area contributed by atoms with Crippen LogP contribution in [0, 0.1) is 24.1 Å². The van der Waals surface area contributed by atoms with Gasteiger partial charge >= 0.3 is 0 Å². The number of benzene rings is 1. The van der Waals surface area contributed by atoms with Gasteiger partial charge in [0.05, 0.1) is 11.3 Å². The van der Waals surface area contributed by atoms with Crippen LogP contribution in [0.15, 0.2) is 30.5 Å².